The topological polar surface area (TPSA) is 79.1 Å². The van der Waals surface area contributed by atoms with Crippen molar-refractivity contribution < 1.29 is 0 Å². The van der Waals surface area contributed by atoms with Gasteiger partial charge in [-0.05, 0) is 27.1 Å². The fraction of sp³-hybridized carbons (Fsp3) is 0.556. The molecule has 84 valence electrons. The minimum absolute atomic E-state index is 0.414. The molecule has 1 aromatic rings. The summed E-state index contributed by atoms with van der Waals surface area (Å²) >= 11 is 0. The molecular formula is C9H18N6. The van der Waals surface area contributed by atoms with E-state index < -0.39 is 0 Å². The van der Waals surface area contributed by atoms with E-state index in [2.05, 4.69) is 32.5 Å². The van der Waals surface area contributed by atoms with Crippen molar-refractivity contribution in [3.63, 3.8) is 0 Å². The highest BCUT2D eigenvalue weighted by Crippen LogP contribution is 2.04. The number of nitrogens with one attached hydrogen (secondary N) is 2. The van der Waals surface area contributed by atoms with E-state index in [1.807, 2.05) is 20.2 Å². The fourth-order valence-corrected chi connectivity index (χ4v) is 0.962. The lowest BCUT2D eigenvalue weighted by Gasteiger charge is -2.20. The van der Waals surface area contributed by atoms with Gasteiger partial charge in [0.05, 0.1) is 0 Å². The zero-order valence-corrected chi connectivity index (χ0v) is 9.36. The highest BCUT2D eigenvalue weighted by molar-refractivity contribution is 5.38. The maximum Gasteiger partial charge on any atom is 0.239 e. The normalized spacial score (nSPS) is 12.6. The summed E-state index contributed by atoms with van der Waals surface area (Å²) in [6.45, 7) is 2.96. The number of hydrazine groups is 1. The number of hydrogen-bond donors (Lipinski definition) is 3. The summed E-state index contributed by atoms with van der Waals surface area (Å²) in [4.78, 5) is 10.2. The molecule has 6 nitrogen and oxygen atoms in total. The number of hydrogen-bond acceptors (Lipinski definition) is 6. The Bertz CT molecular complexity index is 300. The van der Waals surface area contributed by atoms with E-state index in [9.17, 15) is 0 Å². The Balaban J connectivity index is 2.50. The van der Waals surface area contributed by atoms with Crippen LogP contribution in [0.1, 0.15) is 6.92 Å². The van der Waals surface area contributed by atoms with Gasteiger partial charge >= 0.3 is 0 Å². The average Bonchev–Trinajstić information content (AvgIpc) is 2.26. The minimum atomic E-state index is 0.414. The van der Waals surface area contributed by atoms with Crippen LogP contribution in [-0.4, -0.2) is 41.5 Å². The van der Waals surface area contributed by atoms with E-state index in [1.165, 1.54) is 0 Å². The number of likely N-dealkylation sites (N-methyl/N-ethyl adjacent to an activating group) is 1. The molecule has 0 saturated heterocycles. The SMILES string of the molecule is CC(CNc1ccnc(NN)n1)N(C)C. The molecule has 1 rings (SSSR count). The van der Waals surface area contributed by atoms with Crippen LogP contribution in [0, 0.1) is 0 Å². The van der Waals surface area contributed by atoms with Crippen molar-refractivity contribution in [1.82, 2.24) is 14.9 Å². The molecule has 1 heterocycles. The molecule has 0 aliphatic rings. The lowest BCUT2D eigenvalue weighted by Crippen LogP contribution is -2.31. The largest absolute Gasteiger partial charge is 0.368 e. The van der Waals surface area contributed by atoms with Crippen molar-refractivity contribution in [1.29, 1.82) is 0 Å². The molecule has 0 aliphatic heterocycles. The van der Waals surface area contributed by atoms with Gasteiger partial charge in [0.15, 0.2) is 0 Å². The van der Waals surface area contributed by atoms with Crippen molar-refractivity contribution >= 4 is 11.8 Å². The van der Waals surface area contributed by atoms with Crippen LogP contribution in [0.4, 0.5) is 11.8 Å². The Morgan fingerprint density at radius 1 is 1.53 bits per heavy atom. The van der Waals surface area contributed by atoms with Gasteiger partial charge in [-0.25, -0.2) is 10.8 Å². The van der Waals surface area contributed by atoms with E-state index in [-0.39, 0.29) is 0 Å². The molecule has 0 bridgehead atoms. The molecule has 6 heteroatoms. The molecule has 0 saturated carbocycles. The van der Waals surface area contributed by atoms with Gasteiger partial charge in [-0.15, -0.1) is 0 Å². The lowest BCUT2D eigenvalue weighted by molar-refractivity contribution is 0.326. The quantitative estimate of drug-likeness (QED) is 0.473. The molecule has 15 heavy (non-hydrogen) atoms. The second kappa shape index (κ2) is 5.47. The summed E-state index contributed by atoms with van der Waals surface area (Å²) in [6.07, 6.45) is 1.66. The predicted molar refractivity (Wildman–Crippen MR) is 61.5 cm³/mol. The first kappa shape index (κ1) is 11.7. The van der Waals surface area contributed by atoms with Gasteiger partial charge in [-0.3, -0.25) is 5.43 Å². The van der Waals surface area contributed by atoms with Gasteiger partial charge in [-0.2, -0.15) is 4.98 Å². The smallest absolute Gasteiger partial charge is 0.239 e. The number of anilines is 2. The van der Waals surface area contributed by atoms with Crippen molar-refractivity contribution in [3.05, 3.63) is 12.3 Å². The van der Waals surface area contributed by atoms with Crippen LogP contribution in [0.25, 0.3) is 0 Å². The zero-order chi connectivity index (χ0) is 11.3. The second-order valence-electron chi connectivity index (χ2n) is 3.60. The Kier molecular flexibility index (Phi) is 4.26. The first-order valence-corrected chi connectivity index (χ1v) is 4.83. The highest BCUT2D eigenvalue weighted by atomic mass is 15.3. The van der Waals surface area contributed by atoms with Crippen LogP contribution in [0.3, 0.4) is 0 Å². The van der Waals surface area contributed by atoms with Gasteiger partial charge in [0.1, 0.15) is 5.82 Å². The van der Waals surface area contributed by atoms with Crippen LogP contribution in [0.15, 0.2) is 12.3 Å². The number of rotatable bonds is 5. The molecule has 4 N–H and O–H groups in total. The molecular weight excluding hydrogens is 192 g/mol. The Hall–Kier alpha value is -1.40. The third kappa shape index (κ3) is 3.69. The Morgan fingerprint density at radius 3 is 2.87 bits per heavy atom. The van der Waals surface area contributed by atoms with Crippen LogP contribution in [0.5, 0.6) is 0 Å². The molecule has 0 spiro atoms. The van der Waals surface area contributed by atoms with Gasteiger partial charge in [0.2, 0.25) is 5.95 Å². The van der Waals surface area contributed by atoms with E-state index in [0.29, 0.717) is 12.0 Å². The average molecular weight is 210 g/mol. The number of nitrogen functional groups attached to an aromatic ring is 1. The maximum absolute atomic E-state index is 5.21. The fourth-order valence-electron chi connectivity index (χ4n) is 0.962. The second-order valence-corrected chi connectivity index (χ2v) is 3.60. The monoisotopic (exact) mass is 210 g/mol. The first-order chi connectivity index (χ1) is 7.13. The molecule has 0 amide bonds. The van der Waals surface area contributed by atoms with Gasteiger partial charge in [0.25, 0.3) is 0 Å². The minimum Gasteiger partial charge on any atom is -0.368 e. The summed E-state index contributed by atoms with van der Waals surface area (Å²) in [5.74, 6) is 6.40. The molecule has 0 aromatic carbocycles. The third-order valence-electron chi connectivity index (χ3n) is 2.24. The predicted octanol–water partition coefficient (Wildman–Crippen LogP) is 0.124. The molecule has 1 unspecified atom stereocenters. The third-order valence-corrected chi connectivity index (χ3v) is 2.24. The first-order valence-electron chi connectivity index (χ1n) is 4.83. The zero-order valence-electron chi connectivity index (χ0n) is 9.36. The van der Waals surface area contributed by atoms with Crippen LogP contribution in [0.2, 0.25) is 0 Å². The van der Waals surface area contributed by atoms with E-state index in [1.54, 1.807) is 6.20 Å². The summed E-state index contributed by atoms with van der Waals surface area (Å²) in [5, 5.41) is 3.21. The van der Waals surface area contributed by atoms with Crippen molar-refractivity contribution in [3.8, 4) is 0 Å². The van der Waals surface area contributed by atoms with Gasteiger partial charge in [0, 0.05) is 18.8 Å². The summed E-state index contributed by atoms with van der Waals surface area (Å²) in [6, 6.07) is 2.25. The van der Waals surface area contributed by atoms with Gasteiger partial charge < -0.3 is 10.2 Å². The molecule has 0 aliphatic carbocycles. The number of aromatic nitrogens is 2. The Labute approximate surface area is 89.9 Å². The Morgan fingerprint density at radius 2 is 2.27 bits per heavy atom. The van der Waals surface area contributed by atoms with Crippen LogP contribution in [-0.2, 0) is 0 Å². The number of nitrogens with two attached hydrogens (primary N) is 1. The van der Waals surface area contributed by atoms with E-state index >= 15 is 0 Å². The standard InChI is InChI=1S/C9H18N6/c1-7(15(2)3)6-12-8-4-5-11-9(13-8)14-10/h4-5,7H,6,10H2,1-3H3,(H2,11,12,13,14). The number of nitrogens with zero attached hydrogens (tertiary/aromatic N) is 3. The maximum atomic E-state index is 5.21. The van der Waals surface area contributed by atoms with Crippen molar-refractivity contribution in [2.24, 2.45) is 5.84 Å². The van der Waals surface area contributed by atoms with E-state index in [4.69, 9.17) is 5.84 Å². The van der Waals surface area contributed by atoms with Crippen LogP contribution >= 0.6 is 0 Å². The van der Waals surface area contributed by atoms with Crippen LogP contribution < -0.4 is 16.6 Å². The molecule has 1 atom stereocenters. The summed E-state index contributed by atoms with van der Waals surface area (Å²) < 4.78 is 0. The lowest BCUT2D eigenvalue weighted by atomic mass is 10.3. The summed E-state index contributed by atoms with van der Waals surface area (Å²) in [5.41, 5.74) is 2.41. The van der Waals surface area contributed by atoms with Gasteiger partial charge in [-0.1, -0.05) is 0 Å². The molecule has 1 aromatic heterocycles. The van der Waals surface area contributed by atoms with Crippen molar-refractivity contribution in [2.75, 3.05) is 31.4 Å². The van der Waals surface area contributed by atoms with Crippen molar-refractivity contribution in [2.45, 2.75) is 13.0 Å². The van der Waals surface area contributed by atoms with E-state index in [0.717, 1.165) is 12.4 Å². The molecule has 0 radical (unpaired) electrons. The summed E-state index contributed by atoms with van der Waals surface area (Å²) in [7, 11) is 4.08. The molecule has 0 fully saturated rings. The highest BCUT2D eigenvalue weighted by Gasteiger charge is 2.04.